The van der Waals surface area contributed by atoms with Gasteiger partial charge in [0.15, 0.2) is 0 Å². The van der Waals surface area contributed by atoms with Crippen molar-refractivity contribution in [3.05, 3.63) is 16.6 Å². The quantitative estimate of drug-likeness (QED) is 0.602. The highest BCUT2D eigenvalue weighted by Gasteiger charge is 2.19. The van der Waals surface area contributed by atoms with E-state index >= 15 is 0 Å². The summed E-state index contributed by atoms with van der Waals surface area (Å²) >= 11 is 0. The molecule has 0 aliphatic carbocycles. The molecule has 1 aliphatic rings. The molecule has 4 nitrogen and oxygen atoms in total. The van der Waals surface area contributed by atoms with Crippen LogP contribution in [0.15, 0.2) is 16.8 Å². The maximum Gasteiger partial charge on any atom is 0.246 e. The van der Waals surface area contributed by atoms with Gasteiger partial charge in [-0.3, -0.25) is 4.79 Å². The Balaban J connectivity index is 2.39. The van der Waals surface area contributed by atoms with Gasteiger partial charge in [-0.2, -0.15) is 4.91 Å². The fourth-order valence-corrected chi connectivity index (χ4v) is 1.46. The van der Waals surface area contributed by atoms with Crippen LogP contribution in [0.3, 0.4) is 0 Å². The summed E-state index contributed by atoms with van der Waals surface area (Å²) in [5, 5.41) is 2.74. The summed E-state index contributed by atoms with van der Waals surface area (Å²) in [5.41, 5.74) is 1.17. The topological polar surface area (TPSA) is 49.7 Å². The number of hydrogen-bond acceptors (Lipinski definition) is 3. The second-order valence-electron chi connectivity index (χ2n) is 3.17. The molecule has 0 unspecified atom stereocenters. The zero-order valence-corrected chi connectivity index (χ0v) is 7.82. The highest BCUT2D eigenvalue weighted by Crippen LogP contribution is 2.14. The third-order valence-corrected chi connectivity index (χ3v) is 2.07. The Bertz CT molecular complexity index is 236. The van der Waals surface area contributed by atoms with Gasteiger partial charge in [-0.05, 0) is 12.0 Å². The van der Waals surface area contributed by atoms with Gasteiger partial charge >= 0.3 is 0 Å². The van der Waals surface area contributed by atoms with Gasteiger partial charge in [0, 0.05) is 19.2 Å². The van der Waals surface area contributed by atoms with E-state index in [1.807, 2.05) is 0 Å². The van der Waals surface area contributed by atoms with E-state index in [2.05, 4.69) is 12.1 Å². The van der Waals surface area contributed by atoms with E-state index in [0.29, 0.717) is 13.1 Å². The molecule has 72 valence electrons. The third-order valence-electron chi connectivity index (χ3n) is 2.07. The van der Waals surface area contributed by atoms with Gasteiger partial charge < -0.3 is 4.90 Å². The molecule has 0 spiro atoms. The average molecular weight is 182 g/mol. The van der Waals surface area contributed by atoms with Crippen molar-refractivity contribution in [3.63, 3.8) is 0 Å². The van der Waals surface area contributed by atoms with Crippen molar-refractivity contribution in [2.75, 3.05) is 19.6 Å². The fourth-order valence-electron chi connectivity index (χ4n) is 1.46. The Labute approximate surface area is 77.6 Å². The van der Waals surface area contributed by atoms with Gasteiger partial charge in [0.05, 0.1) is 6.54 Å². The van der Waals surface area contributed by atoms with Crippen LogP contribution in [0, 0.1) is 4.91 Å². The van der Waals surface area contributed by atoms with Crippen LogP contribution in [0.1, 0.15) is 19.8 Å². The van der Waals surface area contributed by atoms with Crippen molar-refractivity contribution in [2.24, 2.45) is 5.18 Å². The van der Waals surface area contributed by atoms with E-state index in [4.69, 9.17) is 0 Å². The summed E-state index contributed by atoms with van der Waals surface area (Å²) in [7, 11) is 0. The zero-order chi connectivity index (χ0) is 9.68. The van der Waals surface area contributed by atoms with Crippen LogP contribution in [0.5, 0.6) is 0 Å². The van der Waals surface area contributed by atoms with Crippen molar-refractivity contribution in [2.45, 2.75) is 19.8 Å². The number of rotatable bonds is 5. The number of carbonyl (C=O) groups is 1. The molecule has 0 bridgehead atoms. The molecular weight excluding hydrogens is 168 g/mol. The smallest absolute Gasteiger partial charge is 0.246 e. The van der Waals surface area contributed by atoms with Gasteiger partial charge in [-0.15, -0.1) is 0 Å². The van der Waals surface area contributed by atoms with Crippen LogP contribution in [-0.2, 0) is 4.79 Å². The first-order valence-corrected chi connectivity index (χ1v) is 4.55. The van der Waals surface area contributed by atoms with Crippen LogP contribution >= 0.6 is 0 Å². The molecule has 0 aromatic carbocycles. The molecule has 0 aromatic rings. The van der Waals surface area contributed by atoms with Gasteiger partial charge in [0.25, 0.3) is 0 Å². The first kappa shape index (κ1) is 9.89. The number of carbonyl (C=O) groups excluding carboxylic acids is 1. The normalized spacial score (nSPS) is 16.2. The summed E-state index contributed by atoms with van der Waals surface area (Å²) in [6.45, 7) is 3.41. The lowest BCUT2D eigenvalue weighted by Crippen LogP contribution is -2.28. The molecule has 0 aromatic heterocycles. The number of nitroso groups, excluding NO2 is 1. The van der Waals surface area contributed by atoms with Crippen LogP contribution in [0.2, 0.25) is 0 Å². The molecule has 13 heavy (non-hydrogen) atoms. The van der Waals surface area contributed by atoms with Crippen molar-refractivity contribution in [1.82, 2.24) is 4.90 Å². The number of nitrogens with zero attached hydrogens (tertiary/aromatic N) is 2. The molecule has 1 amide bonds. The Kier molecular flexibility index (Phi) is 3.61. The summed E-state index contributed by atoms with van der Waals surface area (Å²) in [5.74, 6) is 0.0205. The first-order chi connectivity index (χ1) is 6.27. The third kappa shape index (κ3) is 2.65. The van der Waals surface area contributed by atoms with E-state index in [9.17, 15) is 9.70 Å². The van der Waals surface area contributed by atoms with Gasteiger partial charge in [0.1, 0.15) is 0 Å². The predicted molar refractivity (Wildman–Crippen MR) is 50.2 cm³/mol. The lowest BCUT2D eigenvalue weighted by Gasteiger charge is -2.13. The molecule has 1 rings (SSSR count). The van der Waals surface area contributed by atoms with E-state index in [-0.39, 0.29) is 12.5 Å². The van der Waals surface area contributed by atoms with Crippen molar-refractivity contribution in [3.8, 4) is 0 Å². The molecule has 1 aliphatic heterocycles. The molecule has 0 atom stereocenters. The highest BCUT2D eigenvalue weighted by molar-refractivity contribution is 5.91. The fraction of sp³-hybridized carbons (Fsp3) is 0.667. The lowest BCUT2D eigenvalue weighted by molar-refractivity contribution is -0.124. The molecule has 0 saturated heterocycles. The summed E-state index contributed by atoms with van der Waals surface area (Å²) in [6.07, 6.45) is 3.70. The largest absolute Gasteiger partial charge is 0.333 e. The Morgan fingerprint density at radius 1 is 1.62 bits per heavy atom. The monoisotopic (exact) mass is 182 g/mol. The summed E-state index contributed by atoms with van der Waals surface area (Å²) in [6, 6.07) is 0. The predicted octanol–water partition coefficient (Wildman–Crippen LogP) is 1.32. The molecule has 0 N–H and O–H groups in total. The van der Waals surface area contributed by atoms with E-state index < -0.39 is 0 Å². The SMILES string of the molecule is CCCC1=CC(=O)N(CCN=O)C1. The standard InChI is InChI=1S/C9H14N2O2/c1-2-3-8-6-9(12)11(7-8)5-4-10-13/h6H,2-5,7H2,1H3. The van der Waals surface area contributed by atoms with Crippen LogP contribution < -0.4 is 0 Å². The number of hydrogen-bond donors (Lipinski definition) is 0. The van der Waals surface area contributed by atoms with Gasteiger partial charge in [-0.1, -0.05) is 18.5 Å². The zero-order valence-electron chi connectivity index (χ0n) is 7.82. The summed E-state index contributed by atoms with van der Waals surface area (Å²) < 4.78 is 0. The van der Waals surface area contributed by atoms with E-state index in [0.717, 1.165) is 12.8 Å². The molecule has 0 saturated carbocycles. The van der Waals surface area contributed by atoms with Gasteiger partial charge in [0.2, 0.25) is 5.91 Å². The van der Waals surface area contributed by atoms with Crippen molar-refractivity contribution < 1.29 is 4.79 Å². The highest BCUT2D eigenvalue weighted by atomic mass is 16.3. The van der Waals surface area contributed by atoms with E-state index in [1.165, 1.54) is 5.57 Å². The first-order valence-electron chi connectivity index (χ1n) is 4.55. The Morgan fingerprint density at radius 3 is 3.00 bits per heavy atom. The molecule has 0 fully saturated rings. The van der Waals surface area contributed by atoms with Crippen LogP contribution in [0.25, 0.3) is 0 Å². The minimum absolute atomic E-state index is 0.0205. The lowest BCUT2D eigenvalue weighted by atomic mass is 10.2. The van der Waals surface area contributed by atoms with Crippen molar-refractivity contribution in [1.29, 1.82) is 0 Å². The van der Waals surface area contributed by atoms with Crippen LogP contribution in [-0.4, -0.2) is 30.4 Å². The van der Waals surface area contributed by atoms with Crippen LogP contribution in [0.4, 0.5) is 0 Å². The molecule has 0 radical (unpaired) electrons. The maximum atomic E-state index is 11.3. The second-order valence-corrected chi connectivity index (χ2v) is 3.17. The molecule has 1 heterocycles. The minimum Gasteiger partial charge on any atom is -0.333 e. The minimum atomic E-state index is 0.0205. The average Bonchev–Trinajstić information content (AvgIpc) is 2.44. The Morgan fingerprint density at radius 2 is 2.38 bits per heavy atom. The second kappa shape index (κ2) is 4.74. The molecular formula is C9H14N2O2. The maximum absolute atomic E-state index is 11.3. The molecule has 4 heteroatoms. The van der Waals surface area contributed by atoms with Gasteiger partial charge in [-0.25, -0.2) is 0 Å². The number of amides is 1. The summed E-state index contributed by atoms with van der Waals surface area (Å²) in [4.78, 5) is 22.8. The van der Waals surface area contributed by atoms with Crippen molar-refractivity contribution >= 4 is 5.91 Å². The van der Waals surface area contributed by atoms with E-state index in [1.54, 1.807) is 11.0 Å². The Hall–Kier alpha value is -1.19.